The molecule has 3 aromatic rings. The molecular weight excluding hydrogens is 358 g/mol. The van der Waals surface area contributed by atoms with Crippen molar-refractivity contribution >= 4 is 17.5 Å². The van der Waals surface area contributed by atoms with Gasteiger partial charge in [0.05, 0.1) is 5.69 Å². The van der Waals surface area contributed by atoms with Crippen LogP contribution in [0.1, 0.15) is 12.5 Å². The number of likely N-dealkylation sites (N-methyl/N-ethyl adjacent to an activating group) is 1. The Morgan fingerprint density at radius 2 is 1.59 bits per heavy atom. The fraction of sp³-hybridized carbons (Fsp3) is 0.333. The average molecular weight is 386 g/mol. The van der Waals surface area contributed by atoms with E-state index in [1.165, 1.54) is 11.3 Å². The van der Waals surface area contributed by atoms with E-state index in [2.05, 4.69) is 76.2 Å². The standard InChI is InChI=1S/C24H27N5/c1-2-27-14-16-28(17-15-27)24-25-21(19-8-4-3-5-9-19)18-23(26-24)29-13-12-20-10-6-7-11-22(20)29/h3-11,18H,2,12-17H2,1H3. The lowest BCUT2D eigenvalue weighted by molar-refractivity contribution is 0.270. The topological polar surface area (TPSA) is 35.5 Å². The van der Waals surface area contributed by atoms with Crippen molar-refractivity contribution in [2.75, 3.05) is 49.1 Å². The van der Waals surface area contributed by atoms with Gasteiger partial charge in [0.25, 0.3) is 0 Å². The van der Waals surface area contributed by atoms with Crippen LogP contribution >= 0.6 is 0 Å². The zero-order chi connectivity index (χ0) is 19.6. The summed E-state index contributed by atoms with van der Waals surface area (Å²) in [7, 11) is 0. The highest BCUT2D eigenvalue weighted by Gasteiger charge is 2.24. The summed E-state index contributed by atoms with van der Waals surface area (Å²) >= 11 is 0. The number of para-hydroxylation sites is 1. The highest BCUT2D eigenvalue weighted by molar-refractivity contribution is 5.72. The predicted molar refractivity (Wildman–Crippen MR) is 119 cm³/mol. The number of hydrogen-bond acceptors (Lipinski definition) is 5. The van der Waals surface area contributed by atoms with Crippen LogP contribution in [0, 0.1) is 0 Å². The largest absolute Gasteiger partial charge is 0.338 e. The third kappa shape index (κ3) is 3.58. The highest BCUT2D eigenvalue weighted by Crippen LogP contribution is 2.35. The van der Waals surface area contributed by atoms with E-state index in [1.54, 1.807) is 0 Å². The molecule has 0 radical (unpaired) electrons. The highest BCUT2D eigenvalue weighted by atomic mass is 15.3. The third-order valence-electron chi connectivity index (χ3n) is 6.04. The number of aromatic nitrogens is 2. The molecule has 2 aromatic carbocycles. The molecule has 0 spiro atoms. The summed E-state index contributed by atoms with van der Waals surface area (Å²) in [5.74, 6) is 1.85. The van der Waals surface area contributed by atoms with Gasteiger partial charge < -0.3 is 14.7 Å². The molecule has 0 amide bonds. The van der Waals surface area contributed by atoms with Gasteiger partial charge in [-0.1, -0.05) is 55.5 Å². The van der Waals surface area contributed by atoms with E-state index in [1.807, 2.05) is 6.07 Å². The van der Waals surface area contributed by atoms with Crippen LogP contribution < -0.4 is 9.80 Å². The van der Waals surface area contributed by atoms with E-state index in [4.69, 9.17) is 9.97 Å². The lowest BCUT2D eigenvalue weighted by Gasteiger charge is -2.34. The molecule has 1 aromatic heterocycles. The maximum absolute atomic E-state index is 5.04. The first-order valence-electron chi connectivity index (χ1n) is 10.6. The minimum Gasteiger partial charge on any atom is -0.338 e. The summed E-state index contributed by atoms with van der Waals surface area (Å²) in [6, 6.07) is 21.2. The van der Waals surface area contributed by atoms with Crippen LogP contribution in [0.5, 0.6) is 0 Å². The fourth-order valence-corrected chi connectivity index (χ4v) is 4.30. The number of rotatable bonds is 4. The zero-order valence-electron chi connectivity index (χ0n) is 17.0. The Hall–Kier alpha value is -2.92. The van der Waals surface area contributed by atoms with Gasteiger partial charge >= 0.3 is 0 Å². The van der Waals surface area contributed by atoms with Crippen molar-refractivity contribution in [3.05, 3.63) is 66.2 Å². The number of anilines is 3. The number of benzene rings is 2. The summed E-state index contributed by atoms with van der Waals surface area (Å²) in [4.78, 5) is 17.2. The molecule has 1 saturated heterocycles. The Bertz CT molecular complexity index is 980. The first kappa shape index (κ1) is 18.1. The van der Waals surface area contributed by atoms with E-state index >= 15 is 0 Å². The molecule has 1 fully saturated rings. The lowest BCUT2D eigenvalue weighted by atomic mass is 10.1. The van der Waals surface area contributed by atoms with Crippen LogP contribution in [0.3, 0.4) is 0 Å². The van der Waals surface area contributed by atoms with Gasteiger partial charge in [-0.3, -0.25) is 0 Å². The van der Waals surface area contributed by atoms with Gasteiger partial charge in [-0.25, -0.2) is 4.98 Å². The van der Waals surface area contributed by atoms with Crippen LogP contribution in [0.2, 0.25) is 0 Å². The molecule has 2 aliphatic rings. The summed E-state index contributed by atoms with van der Waals surface area (Å²) < 4.78 is 0. The molecule has 0 aliphatic carbocycles. The quantitative estimate of drug-likeness (QED) is 0.679. The third-order valence-corrected chi connectivity index (χ3v) is 6.04. The predicted octanol–water partition coefficient (Wildman–Crippen LogP) is 3.98. The number of fused-ring (bicyclic) bond motifs is 1. The first-order chi connectivity index (χ1) is 14.3. The molecule has 29 heavy (non-hydrogen) atoms. The molecule has 5 rings (SSSR count). The van der Waals surface area contributed by atoms with Crippen molar-refractivity contribution in [1.82, 2.24) is 14.9 Å². The molecule has 0 saturated carbocycles. The van der Waals surface area contributed by atoms with Gasteiger partial charge in [-0.05, 0) is 24.6 Å². The van der Waals surface area contributed by atoms with Crippen LogP contribution in [0.4, 0.5) is 17.5 Å². The lowest BCUT2D eigenvalue weighted by Crippen LogP contribution is -2.46. The van der Waals surface area contributed by atoms with E-state index in [0.717, 1.165) is 68.7 Å². The van der Waals surface area contributed by atoms with Crippen molar-refractivity contribution < 1.29 is 0 Å². The Morgan fingerprint density at radius 1 is 0.828 bits per heavy atom. The molecule has 148 valence electrons. The number of piperazine rings is 1. The molecule has 5 heteroatoms. The van der Waals surface area contributed by atoms with Crippen molar-refractivity contribution in [2.45, 2.75) is 13.3 Å². The normalized spacial score (nSPS) is 16.9. The minimum atomic E-state index is 0.849. The molecule has 3 heterocycles. The second kappa shape index (κ2) is 7.84. The molecule has 0 bridgehead atoms. The summed E-state index contributed by atoms with van der Waals surface area (Å²) in [5.41, 5.74) is 4.79. The van der Waals surface area contributed by atoms with E-state index in [-0.39, 0.29) is 0 Å². The monoisotopic (exact) mass is 385 g/mol. The molecule has 0 atom stereocenters. The average Bonchev–Trinajstić information content (AvgIpc) is 3.24. The van der Waals surface area contributed by atoms with E-state index < -0.39 is 0 Å². The Kier molecular flexibility index (Phi) is 4.90. The molecule has 2 aliphatic heterocycles. The van der Waals surface area contributed by atoms with Crippen molar-refractivity contribution in [1.29, 1.82) is 0 Å². The van der Waals surface area contributed by atoms with Gasteiger partial charge in [0.15, 0.2) is 0 Å². The van der Waals surface area contributed by atoms with Gasteiger partial charge in [0.2, 0.25) is 5.95 Å². The molecule has 5 nitrogen and oxygen atoms in total. The maximum atomic E-state index is 5.04. The van der Waals surface area contributed by atoms with Crippen LogP contribution in [-0.4, -0.2) is 54.1 Å². The number of nitrogens with zero attached hydrogens (tertiary/aromatic N) is 5. The second-order valence-electron chi connectivity index (χ2n) is 7.73. The SMILES string of the molecule is CCN1CCN(c2nc(-c3ccccc3)cc(N3CCc4ccccc43)n2)CC1. The van der Waals surface area contributed by atoms with E-state index in [9.17, 15) is 0 Å². The van der Waals surface area contributed by atoms with Crippen LogP contribution in [-0.2, 0) is 6.42 Å². The van der Waals surface area contributed by atoms with Gasteiger partial charge in [0.1, 0.15) is 5.82 Å². The van der Waals surface area contributed by atoms with Crippen LogP contribution in [0.15, 0.2) is 60.7 Å². The Morgan fingerprint density at radius 3 is 2.38 bits per heavy atom. The van der Waals surface area contributed by atoms with Crippen molar-refractivity contribution in [3.8, 4) is 11.3 Å². The Balaban J connectivity index is 1.55. The smallest absolute Gasteiger partial charge is 0.227 e. The maximum Gasteiger partial charge on any atom is 0.227 e. The summed E-state index contributed by atoms with van der Waals surface area (Å²) in [6.45, 7) is 8.38. The number of hydrogen-bond donors (Lipinski definition) is 0. The van der Waals surface area contributed by atoms with Crippen LogP contribution in [0.25, 0.3) is 11.3 Å². The zero-order valence-corrected chi connectivity index (χ0v) is 17.0. The van der Waals surface area contributed by atoms with Gasteiger partial charge in [0, 0.05) is 50.0 Å². The molecule has 0 unspecified atom stereocenters. The van der Waals surface area contributed by atoms with Gasteiger partial charge in [-0.15, -0.1) is 0 Å². The van der Waals surface area contributed by atoms with E-state index in [0.29, 0.717) is 0 Å². The van der Waals surface area contributed by atoms with Crippen molar-refractivity contribution in [3.63, 3.8) is 0 Å². The fourth-order valence-electron chi connectivity index (χ4n) is 4.30. The summed E-state index contributed by atoms with van der Waals surface area (Å²) in [6.07, 6.45) is 1.06. The minimum absolute atomic E-state index is 0.849. The Labute approximate surface area is 172 Å². The summed E-state index contributed by atoms with van der Waals surface area (Å²) in [5, 5.41) is 0. The van der Waals surface area contributed by atoms with Crippen molar-refractivity contribution in [2.24, 2.45) is 0 Å². The molecular formula is C24H27N5. The second-order valence-corrected chi connectivity index (χ2v) is 7.73. The van der Waals surface area contributed by atoms with Gasteiger partial charge in [-0.2, -0.15) is 4.98 Å². The first-order valence-corrected chi connectivity index (χ1v) is 10.6. The molecule has 0 N–H and O–H groups in total.